The Hall–Kier alpha value is -2.04. The number of benzene rings is 1. The molecule has 1 heterocycles. The lowest BCUT2D eigenvalue weighted by molar-refractivity contribution is -0.121. The van der Waals surface area contributed by atoms with Gasteiger partial charge in [-0.05, 0) is 17.9 Å². The number of nitrogens with zero attached hydrogens (tertiary/aromatic N) is 1. The quantitative estimate of drug-likeness (QED) is 0.837. The van der Waals surface area contributed by atoms with E-state index in [0.717, 1.165) is 0 Å². The van der Waals surface area contributed by atoms with E-state index in [9.17, 15) is 9.59 Å². The van der Waals surface area contributed by atoms with Crippen molar-refractivity contribution in [3.8, 4) is 0 Å². The number of rotatable bonds is 7. The molecule has 0 saturated carbocycles. The third kappa shape index (κ3) is 4.77. The van der Waals surface area contributed by atoms with E-state index >= 15 is 0 Å². The Morgan fingerprint density at radius 1 is 1.38 bits per heavy atom. The highest BCUT2D eigenvalue weighted by molar-refractivity contribution is 5.76. The molecule has 0 bridgehead atoms. The maximum atomic E-state index is 11.8. The average Bonchev–Trinajstić information content (AvgIpc) is 2.91. The minimum absolute atomic E-state index is 0.0327. The summed E-state index contributed by atoms with van der Waals surface area (Å²) in [4.78, 5) is 24.7. The van der Waals surface area contributed by atoms with Gasteiger partial charge in [0.05, 0.1) is 6.54 Å². The SMILES string of the molecule is C[C@H](CNC(=O)CCCN1CCOC1=O)c1ccccc1. The van der Waals surface area contributed by atoms with Crippen molar-refractivity contribution in [3.63, 3.8) is 0 Å². The smallest absolute Gasteiger partial charge is 0.409 e. The third-order valence-electron chi connectivity index (χ3n) is 3.65. The Morgan fingerprint density at radius 3 is 2.81 bits per heavy atom. The summed E-state index contributed by atoms with van der Waals surface area (Å²) in [6.07, 6.45) is 0.833. The lowest BCUT2D eigenvalue weighted by atomic mass is 10.0. The molecule has 0 unspecified atom stereocenters. The van der Waals surface area contributed by atoms with E-state index in [2.05, 4.69) is 24.4 Å². The van der Waals surface area contributed by atoms with Gasteiger partial charge in [-0.25, -0.2) is 4.79 Å². The number of nitrogens with one attached hydrogen (secondary N) is 1. The van der Waals surface area contributed by atoms with Gasteiger partial charge < -0.3 is 15.0 Å². The van der Waals surface area contributed by atoms with Crippen LogP contribution in [-0.2, 0) is 9.53 Å². The fourth-order valence-electron chi connectivity index (χ4n) is 2.31. The second-order valence-corrected chi connectivity index (χ2v) is 5.32. The zero-order chi connectivity index (χ0) is 15.1. The summed E-state index contributed by atoms with van der Waals surface area (Å²) in [6.45, 7) is 4.40. The van der Waals surface area contributed by atoms with Crippen LogP contribution in [0.2, 0.25) is 0 Å². The lowest BCUT2D eigenvalue weighted by Gasteiger charge is -2.14. The predicted molar refractivity (Wildman–Crippen MR) is 80.0 cm³/mol. The topological polar surface area (TPSA) is 58.6 Å². The van der Waals surface area contributed by atoms with Crippen LogP contribution in [-0.4, -0.2) is 43.1 Å². The number of cyclic esters (lactones) is 1. The molecule has 0 radical (unpaired) electrons. The van der Waals surface area contributed by atoms with Crippen LogP contribution in [0.4, 0.5) is 4.79 Å². The molecule has 1 aromatic carbocycles. The van der Waals surface area contributed by atoms with Crippen LogP contribution in [0.1, 0.15) is 31.2 Å². The van der Waals surface area contributed by atoms with E-state index in [4.69, 9.17) is 4.74 Å². The van der Waals surface area contributed by atoms with Crippen LogP contribution in [0.15, 0.2) is 30.3 Å². The lowest BCUT2D eigenvalue weighted by Crippen LogP contribution is -2.29. The predicted octanol–water partition coefficient (Wildman–Crippen LogP) is 2.14. The molecule has 1 fully saturated rings. The summed E-state index contributed by atoms with van der Waals surface area (Å²) >= 11 is 0. The minimum Gasteiger partial charge on any atom is -0.448 e. The van der Waals surface area contributed by atoms with Crippen LogP contribution in [0.25, 0.3) is 0 Å². The van der Waals surface area contributed by atoms with Gasteiger partial charge in [-0.2, -0.15) is 0 Å². The zero-order valence-electron chi connectivity index (χ0n) is 12.4. The molecular formula is C16H22N2O3. The molecule has 1 aliphatic rings. The molecule has 1 aliphatic heterocycles. The molecular weight excluding hydrogens is 268 g/mol. The van der Waals surface area contributed by atoms with Gasteiger partial charge in [-0.15, -0.1) is 0 Å². The summed E-state index contributed by atoms with van der Waals surface area (Å²) in [5, 5.41) is 2.94. The summed E-state index contributed by atoms with van der Waals surface area (Å²) < 4.78 is 4.84. The van der Waals surface area contributed by atoms with E-state index in [1.807, 2.05) is 18.2 Å². The molecule has 0 aromatic heterocycles. The number of carbonyl (C=O) groups is 2. The molecule has 1 N–H and O–H groups in total. The van der Waals surface area contributed by atoms with E-state index in [-0.39, 0.29) is 12.0 Å². The largest absolute Gasteiger partial charge is 0.448 e. The molecule has 2 amide bonds. The van der Waals surface area contributed by atoms with E-state index in [1.54, 1.807) is 4.90 Å². The van der Waals surface area contributed by atoms with E-state index in [0.29, 0.717) is 45.0 Å². The Morgan fingerprint density at radius 2 is 2.14 bits per heavy atom. The fourth-order valence-corrected chi connectivity index (χ4v) is 2.31. The molecule has 0 aliphatic carbocycles. The van der Waals surface area contributed by atoms with E-state index in [1.165, 1.54) is 5.56 Å². The Bertz CT molecular complexity index is 476. The summed E-state index contributed by atoms with van der Waals surface area (Å²) in [5.74, 6) is 0.328. The normalized spacial score (nSPS) is 15.7. The van der Waals surface area contributed by atoms with Gasteiger partial charge in [-0.1, -0.05) is 37.3 Å². The van der Waals surface area contributed by atoms with Gasteiger partial charge in [0.2, 0.25) is 5.91 Å². The first-order chi connectivity index (χ1) is 10.2. The van der Waals surface area contributed by atoms with Crippen molar-refractivity contribution >= 4 is 12.0 Å². The molecule has 0 spiro atoms. The molecule has 1 saturated heterocycles. The van der Waals surface area contributed by atoms with Gasteiger partial charge in [0.15, 0.2) is 0 Å². The number of hydrogen-bond acceptors (Lipinski definition) is 3. The molecule has 21 heavy (non-hydrogen) atoms. The van der Waals surface area contributed by atoms with Crippen molar-refractivity contribution in [1.82, 2.24) is 10.2 Å². The molecule has 2 rings (SSSR count). The van der Waals surface area contributed by atoms with Crippen molar-refractivity contribution in [2.24, 2.45) is 0 Å². The molecule has 1 aromatic rings. The molecule has 5 nitrogen and oxygen atoms in total. The molecule has 5 heteroatoms. The second-order valence-electron chi connectivity index (χ2n) is 5.32. The molecule has 114 valence electrons. The van der Waals surface area contributed by atoms with Gasteiger partial charge in [-0.3, -0.25) is 4.79 Å². The Balaban J connectivity index is 1.62. The van der Waals surface area contributed by atoms with Crippen molar-refractivity contribution in [1.29, 1.82) is 0 Å². The van der Waals surface area contributed by atoms with Crippen LogP contribution < -0.4 is 5.32 Å². The van der Waals surface area contributed by atoms with Crippen LogP contribution in [0, 0.1) is 0 Å². The maximum Gasteiger partial charge on any atom is 0.409 e. The minimum atomic E-state index is -0.270. The van der Waals surface area contributed by atoms with Crippen LogP contribution >= 0.6 is 0 Å². The Labute approximate surface area is 125 Å². The van der Waals surface area contributed by atoms with Crippen LogP contribution in [0.3, 0.4) is 0 Å². The first-order valence-electron chi connectivity index (χ1n) is 7.40. The summed E-state index contributed by atoms with van der Waals surface area (Å²) in [6, 6.07) is 10.1. The first kappa shape index (κ1) is 15.4. The third-order valence-corrected chi connectivity index (χ3v) is 3.65. The van der Waals surface area contributed by atoms with E-state index < -0.39 is 0 Å². The Kier molecular flexibility index (Phi) is 5.60. The summed E-state index contributed by atoms with van der Waals surface area (Å²) in [5.41, 5.74) is 1.22. The van der Waals surface area contributed by atoms with Gasteiger partial charge in [0.1, 0.15) is 6.61 Å². The van der Waals surface area contributed by atoms with Crippen LogP contribution in [0.5, 0.6) is 0 Å². The fraction of sp³-hybridized carbons (Fsp3) is 0.500. The van der Waals surface area contributed by atoms with Crippen molar-refractivity contribution in [2.45, 2.75) is 25.7 Å². The highest BCUT2D eigenvalue weighted by Crippen LogP contribution is 2.13. The zero-order valence-corrected chi connectivity index (χ0v) is 12.4. The highest BCUT2D eigenvalue weighted by atomic mass is 16.6. The highest BCUT2D eigenvalue weighted by Gasteiger charge is 2.21. The standard InChI is InChI=1S/C16H22N2O3/c1-13(14-6-3-2-4-7-14)12-17-15(19)8-5-9-18-10-11-21-16(18)20/h2-4,6-7,13H,5,8-12H2,1H3,(H,17,19)/t13-/m1/s1. The number of carbonyl (C=O) groups excluding carboxylic acids is 2. The maximum absolute atomic E-state index is 11.8. The monoisotopic (exact) mass is 290 g/mol. The summed E-state index contributed by atoms with van der Waals surface area (Å²) in [7, 11) is 0. The second kappa shape index (κ2) is 7.67. The van der Waals surface area contributed by atoms with Gasteiger partial charge in [0, 0.05) is 19.5 Å². The first-order valence-corrected chi connectivity index (χ1v) is 7.40. The van der Waals surface area contributed by atoms with Gasteiger partial charge >= 0.3 is 6.09 Å². The van der Waals surface area contributed by atoms with Gasteiger partial charge in [0.25, 0.3) is 0 Å². The molecule has 1 atom stereocenters. The van der Waals surface area contributed by atoms with Crippen molar-refractivity contribution in [2.75, 3.05) is 26.2 Å². The average molecular weight is 290 g/mol. The van der Waals surface area contributed by atoms with Crippen molar-refractivity contribution < 1.29 is 14.3 Å². The van der Waals surface area contributed by atoms with Crippen molar-refractivity contribution in [3.05, 3.63) is 35.9 Å². The number of ether oxygens (including phenoxy) is 1. The number of hydrogen-bond donors (Lipinski definition) is 1. The number of amides is 2.